The number of rotatable bonds is 27. The topological polar surface area (TPSA) is 235 Å². The maximum absolute atomic E-state index is 11.9. The molecular formula is C31H64N2O11. The second kappa shape index (κ2) is 29.2. The van der Waals surface area contributed by atoms with Gasteiger partial charge in [-0.1, -0.05) is 84.6 Å². The lowest BCUT2D eigenvalue weighted by atomic mass is 10.0. The molecule has 44 heavy (non-hydrogen) atoms. The Bertz CT molecular complexity index is 677. The van der Waals surface area contributed by atoms with Crippen LogP contribution in [0.2, 0.25) is 0 Å². The summed E-state index contributed by atoms with van der Waals surface area (Å²) in [6.45, 7) is 7.46. The summed E-state index contributed by atoms with van der Waals surface area (Å²) in [5, 5.41) is 97.0. The molecule has 0 aliphatic carbocycles. The number of unbranched alkanes of at least 4 members (excludes halogenated alkanes) is 10. The van der Waals surface area contributed by atoms with Crippen molar-refractivity contribution < 1.29 is 55.9 Å². The molecule has 11 N–H and O–H groups in total. The minimum atomic E-state index is -1.69. The first-order chi connectivity index (χ1) is 20.9. The Kier molecular flexibility index (Phi) is 29.8. The van der Waals surface area contributed by atoms with Crippen LogP contribution in [-0.4, -0.2) is 150 Å². The predicted molar refractivity (Wildman–Crippen MR) is 169 cm³/mol. The van der Waals surface area contributed by atoms with E-state index >= 15 is 0 Å². The van der Waals surface area contributed by atoms with E-state index in [0.29, 0.717) is 6.54 Å². The molecule has 13 nitrogen and oxygen atoms in total. The number of aliphatic hydroxyl groups excluding tert-OH is 10. The number of carbonyl (C=O) groups is 1. The van der Waals surface area contributed by atoms with Gasteiger partial charge in [0.25, 0.3) is 0 Å². The van der Waals surface area contributed by atoms with Crippen LogP contribution in [0, 0.1) is 0 Å². The van der Waals surface area contributed by atoms with Gasteiger partial charge in [0.1, 0.15) is 42.7 Å². The summed E-state index contributed by atoms with van der Waals surface area (Å²) in [5.74, 6) is -0.369. The predicted octanol–water partition coefficient (Wildman–Crippen LogP) is -0.830. The Morgan fingerprint density at radius 2 is 1.05 bits per heavy atom. The van der Waals surface area contributed by atoms with Crippen LogP contribution in [0.1, 0.15) is 90.9 Å². The van der Waals surface area contributed by atoms with E-state index in [4.69, 9.17) is 15.3 Å². The minimum Gasteiger partial charge on any atom is -0.394 e. The number of aliphatic hydroxyl groups is 10. The third-order valence-electron chi connectivity index (χ3n) is 7.39. The van der Waals surface area contributed by atoms with Crippen molar-refractivity contribution in [3.05, 3.63) is 12.7 Å². The third-order valence-corrected chi connectivity index (χ3v) is 7.39. The molecule has 0 aliphatic rings. The van der Waals surface area contributed by atoms with Gasteiger partial charge < -0.3 is 61.3 Å². The fourth-order valence-electron chi connectivity index (χ4n) is 4.36. The van der Waals surface area contributed by atoms with Gasteiger partial charge in [0.15, 0.2) is 0 Å². The standard InChI is InChI=1S/C17H33NO6.C14H31NO5/c1-3-5-6-7-8-9-10-18(15(22)4-2)11-13(20)16(23)17(24)14(21)12-19;1-2-3-4-5-6-7-8-15-9-11(17)13(19)14(20)12(18)10-16/h4,13-14,16-17,19-21,23-24H,2-3,5-12H2,1H3;11-20H,2-10H2,1H3/t13-,14+,16+,17+;11-,12+,13+,14+/m00/s1. The zero-order valence-corrected chi connectivity index (χ0v) is 27.0. The van der Waals surface area contributed by atoms with E-state index in [-0.39, 0.29) is 19.0 Å². The first-order valence-electron chi connectivity index (χ1n) is 16.2. The molecule has 1 amide bonds. The Morgan fingerprint density at radius 3 is 1.50 bits per heavy atom. The normalized spacial score (nSPS) is 16.9. The number of nitrogens with zero attached hydrogens (tertiary/aromatic N) is 1. The molecular weight excluding hydrogens is 576 g/mol. The SMILES string of the molecule is C=CC(=O)N(CCCCCCCC)C[C@H](O)[C@@H](O)[C@H](O)[C@H](O)CO.CCCCCCCCNC[C@H](O)[C@@H](O)[C@H](O)[C@H](O)CO. The number of hydrogen-bond acceptors (Lipinski definition) is 12. The van der Waals surface area contributed by atoms with Crippen LogP contribution >= 0.6 is 0 Å². The van der Waals surface area contributed by atoms with E-state index < -0.39 is 62.0 Å². The van der Waals surface area contributed by atoms with Gasteiger partial charge in [0.05, 0.1) is 19.3 Å². The van der Waals surface area contributed by atoms with Crippen LogP contribution in [0.3, 0.4) is 0 Å². The molecule has 0 aromatic carbocycles. The first kappa shape index (κ1) is 44.9. The smallest absolute Gasteiger partial charge is 0.246 e. The van der Waals surface area contributed by atoms with Crippen LogP contribution in [0.15, 0.2) is 12.7 Å². The molecule has 264 valence electrons. The zero-order chi connectivity index (χ0) is 33.9. The largest absolute Gasteiger partial charge is 0.394 e. The van der Waals surface area contributed by atoms with Crippen molar-refractivity contribution in [3.63, 3.8) is 0 Å². The third kappa shape index (κ3) is 21.5. The lowest BCUT2D eigenvalue weighted by molar-refractivity contribution is -0.135. The van der Waals surface area contributed by atoms with E-state index in [1.54, 1.807) is 0 Å². The van der Waals surface area contributed by atoms with E-state index in [1.807, 2.05) is 0 Å². The van der Waals surface area contributed by atoms with Crippen molar-refractivity contribution in [3.8, 4) is 0 Å². The maximum atomic E-state index is 11.9. The number of carbonyl (C=O) groups excluding carboxylic acids is 1. The number of nitrogens with one attached hydrogen (secondary N) is 1. The molecule has 0 spiro atoms. The molecule has 0 aromatic heterocycles. The maximum Gasteiger partial charge on any atom is 0.246 e. The lowest BCUT2D eigenvalue weighted by Gasteiger charge is -2.30. The van der Waals surface area contributed by atoms with E-state index in [9.17, 15) is 40.5 Å². The van der Waals surface area contributed by atoms with Crippen LogP contribution in [0.5, 0.6) is 0 Å². The van der Waals surface area contributed by atoms with Crippen molar-refractivity contribution in [1.82, 2.24) is 10.2 Å². The summed E-state index contributed by atoms with van der Waals surface area (Å²) in [6.07, 6.45) is 2.54. The van der Waals surface area contributed by atoms with Crippen molar-refractivity contribution >= 4 is 5.91 Å². The summed E-state index contributed by atoms with van der Waals surface area (Å²) in [4.78, 5) is 13.2. The highest BCUT2D eigenvalue weighted by Gasteiger charge is 2.32. The second-order valence-corrected chi connectivity index (χ2v) is 11.3. The summed E-state index contributed by atoms with van der Waals surface area (Å²) in [6, 6.07) is 0. The molecule has 0 saturated heterocycles. The number of hydrogen-bond donors (Lipinski definition) is 11. The molecule has 0 fully saturated rings. The number of amides is 1. The molecule has 0 aromatic rings. The highest BCUT2D eigenvalue weighted by molar-refractivity contribution is 5.87. The van der Waals surface area contributed by atoms with Crippen LogP contribution in [0.25, 0.3) is 0 Å². The molecule has 13 heteroatoms. The van der Waals surface area contributed by atoms with Gasteiger partial charge in [-0.05, 0) is 25.5 Å². The first-order valence-corrected chi connectivity index (χ1v) is 16.2. The van der Waals surface area contributed by atoms with Crippen LogP contribution in [0.4, 0.5) is 0 Å². The van der Waals surface area contributed by atoms with Gasteiger partial charge >= 0.3 is 0 Å². The van der Waals surface area contributed by atoms with Crippen molar-refractivity contribution in [2.45, 2.75) is 140 Å². The monoisotopic (exact) mass is 640 g/mol. The van der Waals surface area contributed by atoms with Gasteiger partial charge in [0.2, 0.25) is 5.91 Å². The van der Waals surface area contributed by atoms with Gasteiger partial charge in [-0.25, -0.2) is 0 Å². The van der Waals surface area contributed by atoms with E-state index in [2.05, 4.69) is 25.7 Å². The Labute approximate surface area is 263 Å². The summed E-state index contributed by atoms with van der Waals surface area (Å²) in [5.41, 5.74) is 0. The van der Waals surface area contributed by atoms with Crippen molar-refractivity contribution in [2.24, 2.45) is 0 Å². The van der Waals surface area contributed by atoms with Gasteiger partial charge in [-0.15, -0.1) is 0 Å². The van der Waals surface area contributed by atoms with Gasteiger partial charge in [0, 0.05) is 19.6 Å². The Hall–Kier alpha value is -1.23. The molecule has 0 aliphatic heterocycles. The average molecular weight is 641 g/mol. The summed E-state index contributed by atoms with van der Waals surface area (Å²) >= 11 is 0. The summed E-state index contributed by atoms with van der Waals surface area (Å²) < 4.78 is 0. The quantitative estimate of drug-likeness (QED) is 0.0390. The molecule has 0 unspecified atom stereocenters. The fourth-order valence-corrected chi connectivity index (χ4v) is 4.36. The minimum absolute atomic E-state index is 0.144. The molecule has 0 heterocycles. The van der Waals surface area contributed by atoms with Crippen molar-refractivity contribution in [1.29, 1.82) is 0 Å². The second-order valence-electron chi connectivity index (χ2n) is 11.3. The van der Waals surface area contributed by atoms with Gasteiger partial charge in [-0.3, -0.25) is 4.79 Å². The fraction of sp³-hybridized carbons (Fsp3) is 0.903. The van der Waals surface area contributed by atoms with E-state index in [0.717, 1.165) is 57.6 Å². The highest BCUT2D eigenvalue weighted by atomic mass is 16.4. The molecule has 0 saturated carbocycles. The lowest BCUT2D eigenvalue weighted by Crippen LogP contribution is -2.50. The van der Waals surface area contributed by atoms with Gasteiger partial charge in [-0.2, -0.15) is 0 Å². The summed E-state index contributed by atoms with van der Waals surface area (Å²) in [7, 11) is 0. The molecule has 0 rings (SSSR count). The molecule has 8 atom stereocenters. The zero-order valence-electron chi connectivity index (χ0n) is 27.0. The Balaban J connectivity index is 0. The van der Waals surface area contributed by atoms with E-state index in [1.165, 1.54) is 37.0 Å². The highest BCUT2D eigenvalue weighted by Crippen LogP contribution is 2.11. The molecule has 0 bridgehead atoms. The van der Waals surface area contributed by atoms with Crippen LogP contribution in [-0.2, 0) is 4.79 Å². The average Bonchev–Trinajstić information content (AvgIpc) is 3.04. The van der Waals surface area contributed by atoms with Crippen molar-refractivity contribution in [2.75, 3.05) is 39.4 Å². The Morgan fingerprint density at radius 1 is 0.636 bits per heavy atom. The molecule has 0 radical (unpaired) electrons. The van der Waals surface area contributed by atoms with Crippen LogP contribution < -0.4 is 5.32 Å².